The van der Waals surface area contributed by atoms with Gasteiger partial charge in [-0.15, -0.1) is 0 Å². The Hall–Kier alpha value is -2.39. The molecule has 0 fully saturated rings. The van der Waals surface area contributed by atoms with Crippen LogP contribution in [0, 0.1) is 0 Å². The molecule has 0 saturated heterocycles. The van der Waals surface area contributed by atoms with Crippen molar-refractivity contribution in [2.24, 2.45) is 0 Å². The molecule has 0 unspecified atom stereocenters. The molecule has 0 aromatic heterocycles. The number of halogens is 1. The fourth-order valence-corrected chi connectivity index (χ4v) is 2.88. The van der Waals surface area contributed by atoms with Gasteiger partial charge < -0.3 is 4.74 Å². The van der Waals surface area contributed by atoms with Crippen LogP contribution in [0.25, 0.3) is 0 Å². The van der Waals surface area contributed by atoms with Crippen molar-refractivity contribution in [1.29, 1.82) is 0 Å². The van der Waals surface area contributed by atoms with Crippen LogP contribution < -0.4 is 4.74 Å². The van der Waals surface area contributed by atoms with Crippen LogP contribution in [0.1, 0.15) is 11.1 Å². The van der Waals surface area contributed by atoms with E-state index < -0.39 is 5.60 Å². The van der Waals surface area contributed by atoms with Gasteiger partial charge in [0.15, 0.2) is 6.29 Å². The van der Waals surface area contributed by atoms with Crippen molar-refractivity contribution in [2.45, 2.75) is 5.60 Å². The molecule has 2 nitrogen and oxygen atoms in total. The normalized spacial score (nSPS) is 11.0. The summed E-state index contributed by atoms with van der Waals surface area (Å²) in [6.07, 6.45) is 0.858. The van der Waals surface area contributed by atoms with E-state index >= 15 is 0 Å². The molecule has 0 saturated carbocycles. The number of carbonyl (C=O) groups excluding carboxylic acids is 1. The quantitative estimate of drug-likeness (QED) is 0.595. The van der Waals surface area contributed by atoms with Crippen LogP contribution in [-0.4, -0.2) is 6.29 Å². The topological polar surface area (TPSA) is 26.3 Å². The molecule has 0 aliphatic carbocycles. The zero-order valence-electron chi connectivity index (χ0n) is 12.4. The molecule has 0 bridgehead atoms. The monoisotopic (exact) mass is 366 g/mol. The predicted molar refractivity (Wildman–Crippen MR) is 94.5 cm³/mol. The zero-order valence-corrected chi connectivity index (χ0v) is 13.9. The molecule has 0 spiro atoms. The molecule has 3 heteroatoms. The van der Waals surface area contributed by atoms with Gasteiger partial charge in [0.05, 0.1) is 4.47 Å². The molecule has 0 heterocycles. The van der Waals surface area contributed by atoms with Crippen molar-refractivity contribution < 1.29 is 9.53 Å². The summed E-state index contributed by atoms with van der Waals surface area (Å²) in [6, 6.07) is 26.6. The average molecular weight is 367 g/mol. The van der Waals surface area contributed by atoms with E-state index in [1.54, 1.807) is 0 Å². The van der Waals surface area contributed by atoms with Crippen LogP contribution in [0.4, 0.5) is 0 Å². The third kappa shape index (κ3) is 3.06. The number of ether oxygens (including phenoxy) is 1. The Morgan fingerprint density at radius 3 is 1.70 bits per heavy atom. The summed E-state index contributed by atoms with van der Waals surface area (Å²) in [5.41, 5.74) is 0.390. The minimum atomic E-state index is -1.19. The first-order chi connectivity index (χ1) is 11.3. The number of hydrogen-bond donors (Lipinski definition) is 0. The van der Waals surface area contributed by atoms with E-state index in [0.29, 0.717) is 5.75 Å². The largest absolute Gasteiger partial charge is 0.469 e. The molecule has 0 N–H and O–H groups in total. The van der Waals surface area contributed by atoms with Gasteiger partial charge in [-0.05, 0) is 28.1 Å². The van der Waals surface area contributed by atoms with Crippen molar-refractivity contribution in [1.82, 2.24) is 0 Å². The third-order valence-corrected chi connectivity index (χ3v) is 4.33. The second-order valence-electron chi connectivity index (χ2n) is 5.12. The van der Waals surface area contributed by atoms with Crippen LogP contribution in [0.5, 0.6) is 5.75 Å². The summed E-state index contributed by atoms with van der Waals surface area (Å²) in [5, 5.41) is 0. The Labute approximate surface area is 143 Å². The van der Waals surface area contributed by atoms with E-state index in [-0.39, 0.29) is 0 Å². The summed E-state index contributed by atoms with van der Waals surface area (Å²) in [4.78, 5) is 12.2. The molecular formula is C20H15BrO2. The van der Waals surface area contributed by atoms with Gasteiger partial charge in [-0.3, -0.25) is 4.79 Å². The average Bonchev–Trinajstić information content (AvgIpc) is 2.63. The maximum atomic E-state index is 12.2. The van der Waals surface area contributed by atoms with Gasteiger partial charge in [0, 0.05) is 11.1 Å². The van der Waals surface area contributed by atoms with Crippen molar-refractivity contribution in [2.75, 3.05) is 0 Å². The minimum absolute atomic E-state index is 0.618. The maximum Gasteiger partial charge on any atom is 0.214 e. The first kappa shape index (κ1) is 15.5. The lowest BCUT2D eigenvalue weighted by Gasteiger charge is -2.30. The summed E-state index contributed by atoms with van der Waals surface area (Å²) < 4.78 is 7.04. The maximum absolute atomic E-state index is 12.2. The van der Waals surface area contributed by atoms with E-state index in [2.05, 4.69) is 15.9 Å². The highest BCUT2D eigenvalue weighted by atomic mass is 79.9. The molecule has 3 rings (SSSR count). The minimum Gasteiger partial charge on any atom is -0.469 e. The smallest absolute Gasteiger partial charge is 0.214 e. The van der Waals surface area contributed by atoms with Crippen molar-refractivity contribution in [3.8, 4) is 5.75 Å². The van der Waals surface area contributed by atoms with Gasteiger partial charge in [0.1, 0.15) is 5.75 Å². The molecule has 0 amide bonds. The van der Waals surface area contributed by atoms with Crippen molar-refractivity contribution in [3.05, 3.63) is 101 Å². The molecular weight excluding hydrogens is 352 g/mol. The first-order valence-electron chi connectivity index (χ1n) is 7.27. The second-order valence-corrected chi connectivity index (χ2v) is 5.97. The molecule has 0 radical (unpaired) electrons. The zero-order chi connectivity index (χ0) is 16.1. The summed E-state index contributed by atoms with van der Waals surface area (Å²) in [5.74, 6) is 0.618. The van der Waals surface area contributed by atoms with Gasteiger partial charge in [-0.1, -0.05) is 72.8 Å². The standard InChI is InChI=1S/C20H15BrO2/c21-18-13-7-8-14-19(18)23-20(15-22,16-9-3-1-4-10-16)17-11-5-2-6-12-17/h1-15H. The molecule has 0 aliphatic rings. The number of para-hydroxylation sites is 1. The first-order valence-corrected chi connectivity index (χ1v) is 8.06. The van der Waals surface area contributed by atoms with Crippen LogP contribution >= 0.6 is 15.9 Å². The SMILES string of the molecule is O=CC(Oc1ccccc1Br)(c1ccccc1)c1ccccc1. The highest BCUT2D eigenvalue weighted by molar-refractivity contribution is 9.10. The van der Waals surface area contributed by atoms with Gasteiger partial charge in [-0.2, -0.15) is 0 Å². The highest BCUT2D eigenvalue weighted by Gasteiger charge is 2.37. The van der Waals surface area contributed by atoms with E-state index in [9.17, 15) is 4.79 Å². The van der Waals surface area contributed by atoms with Gasteiger partial charge in [0.2, 0.25) is 5.60 Å². The number of rotatable bonds is 5. The molecule has 114 valence electrons. The molecule has 3 aromatic rings. The summed E-state index contributed by atoms with van der Waals surface area (Å²) in [7, 11) is 0. The lowest BCUT2D eigenvalue weighted by Crippen LogP contribution is -2.36. The highest BCUT2D eigenvalue weighted by Crippen LogP contribution is 2.36. The molecule has 3 aromatic carbocycles. The number of hydrogen-bond acceptors (Lipinski definition) is 2. The number of aldehydes is 1. The van der Waals surface area contributed by atoms with Gasteiger partial charge in [-0.25, -0.2) is 0 Å². The van der Waals surface area contributed by atoms with E-state index in [1.165, 1.54) is 0 Å². The third-order valence-electron chi connectivity index (χ3n) is 3.68. The van der Waals surface area contributed by atoms with E-state index in [4.69, 9.17) is 4.74 Å². The fraction of sp³-hybridized carbons (Fsp3) is 0.0500. The van der Waals surface area contributed by atoms with E-state index in [0.717, 1.165) is 21.9 Å². The van der Waals surface area contributed by atoms with Gasteiger partial charge in [0.25, 0.3) is 0 Å². The molecule has 23 heavy (non-hydrogen) atoms. The predicted octanol–water partition coefficient (Wildman–Crippen LogP) is 4.97. The Bertz CT molecular complexity index is 746. The van der Waals surface area contributed by atoms with Gasteiger partial charge >= 0.3 is 0 Å². The molecule has 0 aliphatic heterocycles. The van der Waals surface area contributed by atoms with Crippen LogP contribution in [0.2, 0.25) is 0 Å². The summed E-state index contributed by atoms with van der Waals surface area (Å²) in [6.45, 7) is 0. The van der Waals surface area contributed by atoms with Crippen LogP contribution in [-0.2, 0) is 10.4 Å². The molecule has 0 atom stereocenters. The number of benzene rings is 3. The lowest BCUT2D eigenvalue weighted by atomic mass is 9.87. The Morgan fingerprint density at radius 2 is 1.22 bits per heavy atom. The Balaban J connectivity index is 2.17. The Kier molecular flexibility index (Phi) is 4.58. The fourth-order valence-electron chi connectivity index (χ4n) is 2.52. The van der Waals surface area contributed by atoms with Crippen molar-refractivity contribution >= 4 is 22.2 Å². The number of carbonyl (C=O) groups is 1. The van der Waals surface area contributed by atoms with Crippen molar-refractivity contribution in [3.63, 3.8) is 0 Å². The van der Waals surface area contributed by atoms with Crippen LogP contribution in [0.3, 0.4) is 0 Å². The van der Waals surface area contributed by atoms with Crippen LogP contribution in [0.15, 0.2) is 89.4 Å². The Morgan fingerprint density at radius 1 is 0.739 bits per heavy atom. The lowest BCUT2D eigenvalue weighted by molar-refractivity contribution is -0.119. The second kappa shape index (κ2) is 6.80. The van der Waals surface area contributed by atoms with E-state index in [1.807, 2.05) is 84.9 Å². The summed E-state index contributed by atoms with van der Waals surface area (Å²) >= 11 is 3.48.